The van der Waals surface area contributed by atoms with Crippen LogP contribution < -0.4 is 0 Å². The molecule has 0 amide bonds. The van der Waals surface area contributed by atoms with Crippen LogP contribution in [-0.4, -0.2) is 25.4 Å². The summed E-state index contributed by atoms with van der Waals surface area (Å²) in [6, 6.07) is 23.7. The van der Waals surface area contributed by atoms with Crippen molar-refractivity contribution in [3.05, 3.63) is 95.5 Å². The van der Waals surface area contributed by atoms with Crippen molar-refractivity contribution in [2.45, 2.75) is 108 Å². The van der Waals surface area contributed by atoms with E-state index in [1.54, 1.807) is 6.33 Å². The van der Waals surface area contributed by atoms with Gasteiger partial charge in [-0.25, -0.2) is 4.98 Å². The fraction of sp³-hybridized carbons (Fsp3) is 0.400. The molecule has 51 heavy (non-hydrogen) atoms. The predicted molar refractivity (Wildman–Crippen MR) is 212 cm³/mol. The molecular weight excluding hydrogens is 807 g/mol. The van der Waals surface area contributed by atoms with Gasteiger partial charge in [-0.05, 0) is 70.2 Å². The van der Waals surface area contributed by atoms with Crippen LogP contribution in [0.15, 0.2) is 72.8 Å². The number of carbonyl (C=O) groups excluding carboxylic acids is 1. The fourth-order valence-electron chi connectivity index (χ4n) is 7.22. The Morgan fingerprint density at radius 3 is 2.10 bits per heavy atom. The van der Waals surface area contributed by atoms with Crippen molar-refractivity contribution in [3.63, 3.8) is 0 Å². The third-order valence-electron chi connectivity index (χ3n) is 11.4. The molecule has 6 aromatic rings. The predicted octanol–water partition coefficient (Wildman–Crippen LogP) is 12.5. The van der Waals surface area contributed by atoms with Gasteiger partial charge in [-0.15, -0.1) is 29.1 Å². The first-order chi connectivity index (χ1) is 23.7. The second-order valence-corrected chi connectivity index (χ2v) is 14.9. The molecule has 0 saturated carbocycles. The molecule has 0 aliphatic carbocycles. The minimum atomic E-state index is -0.337. The molecule has 2 aromatic heterocycles. The molecule has 0 aliphatic rings. The van der Waals surface area contributed by atoms with Gasteiger partial charge in [-0.3, -0.25) is 9.78 Å². The Morgan fingerprint density at radius 2 is 1.47 bits per heavy atom. The Balaban J connectivity index is 0.000000279. The number of benzene rings is 4. The number of nitrogens with zero attached hydrogens (tertiary/aromatic N) is 3. The summed E-state index contributed by atoms with van der Waals surface area (Å²) in [5.74, 6) is 0.286. The van der Waals surface area contributed by atoms with Crippen LogP contribution in [0, 0.1) is 37.7 Å². The van der Waals surface area contributed by atoms with Crippen LogP contribution in [0.5, 0.6) is 0 Å². The van der Waals surface area contributed by atoms with E-state index in [-0.39, 0.29) is 48.5 Å². The number of rotatable bonds is 9. The molecule has 2 heterocycles. The summed E-state index contributed by atoms with van der Waals surface area (Å²) in [6.45, 7) is 23.0. The van der Waals surface area contributed by atoms with Crippen molar-refractivity contribution in [1.82, 2.24) is 14.5 Å². The topological polar surface area (TPSA) is 68.0 Å². The molecule has 5 nitrogen and oxygen atoms in total. The Morgan fingerprint density at radius 1 is 0.843 bits per heavy atom. The van der Waals surface area contributed by atoms with Crippen LogP contribution in [0.3, 0.4) is 0 Å². The summed E-state index contributed by atoms with van der Waals surface area (Å²) in [7, 11) is 0. The van der Waals surface area contributed by atoms with E-state index in [0.717, 1.165) is 53.4 Å². The second kappa shape index (κ2) is 15.8. The van der Waals surface area contributed by atoms with Gasteiger partial charge in [-0.2, -0.15) is 0 Å². The van der Waals surface area contributed by atoms with E-state index in [9.17, 15) is 9.90 Å². The number of ketones is 1. The number of fused-ring (bicyclic) bond motifs is 6. The summed E-state index contributed by atoms with van der Waals surface area (Å²) in [6.07, 6.45) is 6.46. The van der Waals surface area contributed by atoms with Crippen LogP contribution in [0.1, 0.15) is 104 Å². The fourth-order valence-corrected chi connectivity index (χ4v) is 7.22. The number of hydrogen-bond acceptors (Lipinski definition) is 4. The Bertz CT molecular complexity index is 2240. The van der Waals surface area contributed by atoms with Gasteiger partial charge in [0.05, 0.1) is 5.52 Å². The number of aryl methyl sites for hydroxylation is 3. The minimum Gasteiger partial charge on any atom is -0.512 e. The number of aromatic nitrogens is 3. The van der Waals surface area contributed by atoms with Gasteiger partial charge < -0.3 is 9.67 Å². The number of aliphatic hydroxyl groups excluding tert-OH is 1. The first-order valence-electron chi connectivity index (χ1n) is 18.3. The molecule has 0 aliphatic heterocycles. The zero-order valence-corrected chi connectivity index (χ0v) is 34.7. The molecule has 0 unspecified atom stereocenters. The second-order valence-electron chi connectivity index (χ2n) is 14.9. The molecule has 6 rings (SSSR count). The van der Waals surface area contributed by atoms with E-state index in [2.05, 4.69) is 99.8 Å². The van der Waals surface area contributed by atoms with Crippen molar-refractivity contribution < 1.29 is 30.0 Å². The molecule has 271 valence electrons. The largest absolute Gasteiger partial charge is 0.512 e. The van der Waals surface area contributed by atoms with Gasteiger partial charge in [0.1, 0.15) is 17.7 Å². The average Bonchev–Trinajstić information content (AvgIpc) is 3.46. The van der Waals surface area contributed by atoms with Gasteiger partial charge >= 0.3 is 0 Å². The molecule has 0 fully saturated rings. The van der Waals surface area contributed by atoms with E-state index in [4.69, 9.17) is 9.97 Å². The maximum absolute atomic E-state index is 12.2. The van der Waals surface area contributed by atoms with E-state index in [0.29, 0.717) is 0 Å². The summed E-state index contributed by atoms with van der Waals surface area (Å²) < 4.78 is 2.34. The molecule has 4 aromatic carbocycles. The molecule has 0 bridgehead atoms. The van der Waals surface area contributed by atoms with Crippen molar-refractivity contribution >= 4 is 49.3 Å². The van der Waals surface area contributed by atoms with Gasteiger partial charge in [0.15, 0.2) is 5.78 Å². The average molecular weight is 861 g/mol. The molecular formula is C45H54IrN3O2-. The first-order valence-corrected chi connectivity index (χ1v) is 18.3. The molecule has 6 heteroatoms. The van der Waals surface area contributed by atoms with Crippen LogP contribution in [0.25, 0.3) is 54.7 Å². The maximum atomic E-state index is 12.2. The van der Waals surface area contributed by atoms with Crippen molar-refractivity contribution in [2.75, 3.05) is 0 Å². The Hall–Kier alpha value is -3.86. The molecule has 0 saturated heterocycles. The zero-order chi connectivity index (χ0) is 36.5. The number of hydrogen-bond donors (Lipinski definition) is 1. The van der Waals surface area contributed by atoms with E-state index >= 15 is 0 Å². The number of aliphatic hydroxyl groups is 1. The van der Waals surface area contributed by atoms with Crippen molar-refractivity contribution in [1.29, 1.82) is 0 Å². The molecule has 0 atom stereocenters. The van der Waals surface area contributed by atoms with Gasteiger partial charge in [0, 0.05) is 59.5 Å². The standard InChI is InChI=1S/C30H26N3.C15H28O2.Ir/c1-17(2)33-25-11-10-21-8-6-7-9-24(21)27(25)28-29(31-16-32-30(28)33)23-14-20(5)26-19(4)12-18(3)13-22(26)15-23;1-7-14(5,8-2)12(16)11-13(17)15(6,9-3)10-4;/h6-14,16-17H,1-5H3;11,16H,7-10H2,1-6H3;/q-1;;/b;12-11-;. The molecule has 1 radical (unpaired) electrons. The third-order valence-corrected chi connectivity index (χ3v) is 11.4. The normalized spacial score (nSPS) is 12.4. The molecule has 1 N–H and O–H groups in total. The van der Waals surface area contributed by atoms with Crippen molar-refractivity contribution in [2.24, 2.45) is 10.8 Å². The maximum Gasteiger partial charge on any atom is 0.164 e. The smallest absolute Gasteiger partial charge is 0.164 e. The van der Waals surface area contributed by atoms with E-state index in [1.165, 1.54) is 49.8 Å². The monoisotopic (exact) mass is 861 g/mol. The van der Waals surface area contributed by atoms with Crippen LogP contribution in [0.4, 0.5) is 0 Å². The molecule has 0 spiro atoms. The summed E-state index contributed by atoms with van der Waals surface area (Å²) in [4.78, 5) is 21.8. The van der Waals surface area contributed by atoms with Crippen LogP contribution >= 0.6 is 0 Å². The zero-order valence-electron chi connectivity index (χ0n) is 32.3. The van der Waals surface area contributed by atoms with Crippen LogP contribution in [-0.2, 0) is 24.9 Å². The Labute approximate surface area is 317 Å². The van der Waals surface area contributed by atoms with Gasteiger partial charge in [0.25, 0.3) is 0 Å². The SMILES string of the molecule is CCC(C)(CC)C(=O)/C=C(\O)C(C)(CC)CC.Cc1cc(C)c2c(C)cc(-c3ncnc4c3c3c5ccccc5ccc3n4C(C)C)[c-]c2c1.[Ir]. The number of allylic oxidation sites excluding steroid dienone is 2. The Kier molecular flexibility index (Phi) is 12.4. The summed E-state index contributed by atoms with van der Waals surface area (Å²) >= 11 is 0. The summed E-state index contributed by atoms with van der Waals surface area (Å²) in [5.41, 5.74) is 7.34. The van der Waals surface area contributed by atoms with E-state index in [1.807, 2.05) is 41.5 Å². The number of carbonyl (C=O) groups is 1. The van der Waals surface area contributed by atoms with E-state index < -0.39 is 0 Å². The third kappa shape index (κ3) is 7.41. The quantitative estimate of drug-likeness (QED) is 0.0893. The minimum absolute atomic E-state index is 0. The van der Waals surface area contributed by atoms with Crippen molar-refractivity contribution in [3.8, 4) is 11.3 Å². The summed E-state index contributed by atoms with van der Waals surface area (Å²) in [5, 5.41) is 17.4. The van der Waals surface area contributed by atoms with Crippen LogP contribution in [0.2, 0.25) is 0 Å². The van der Waals surface area contributed by atoms with Gasteiger partial charge in [-0.1, -0.05) is 107 Å². The van der Waals surface area contributed by atoms with Gasteiger partial charge in [0.2, 0.25) is 0 Å². The first kappa shape index (κ1) is 39.9.